The summed E-state index contributed by atoms with van der Waals surface area (Å²) in [5.74, 6) is -0.271. The molecule has 2 fully saturated rings. The minimum atomic E-state index is -0.271. The number of hydrogen-bond acceptors (Lipinski definition) is 4. The molecule has 3 aromatic heterocycles. The Morgan fingerprint density at radius 1 is 1.19 bits per heavy atom. The van der Waals surface area contributed by atoms with Gasteiger partial charge in [-0.2, -0.15) is 5.10 Å². The summed E-state index contributed by atoms with van der Waals surface area (Å²) in [6.07, 6.45) is 7.02. The summed E-state index contributed by atoms with van der Waals surface area (Å²) >= 11 is 0. The Hall–Kier alpha value is -2.94. The Labute approximate surface area is 155 Å². The van der Waals surface area contributed by atoms with Crippen LogP contribution in [0.25, 0.3) is 5.65 Å². The molecule has 27 heavy (non-hydrogen) atoms. The number of anilines is 1. The molecule has 3 aromatic rings. The highest BCUT2D eigenvalue weighted by atomic mass is 19.1. The molecule has 5 rings (SSSR count). The lowest BCUT2D eigenvalue weighted by Gasteiger charge is -2.38. The summed E-state index contributed by atoms with van der Waals surface area (Å²) in [7, 11) is 1.81. The number of rotatable bonds is 4. The molecular formula is C18H20FN7O. The summed E-state index contributed by atoms with van der Waals surface area (Å²) in [6, 6.07) is 3.42. The van der Waals surface area contributed by atoms with Gasteiger partial charge in [0.25, 0.3) is 0 Å². The van der Waals surface area contributed by atoms with Crippen LogP contribution in [-0.4, -0.2) is 68.2 Å². The van der Waals surface area contributed by atoms with E-state index in [4.69, 9.17) is 0 Å². The van der Waals surface area contributed by atoms with Gasteiger partial charge in [0.15, 0.2) is 0 Å². The van der Waals surface area contributed by atoms with E-state index >= 15 is 0 Å². The standard InChI is InChI=1S/C18H20FN7O/c1-22-4-5-25(18(22)27)15-6-20-26(12-15)16-10-23(11-16)8-14-9-24-7-13(19)2-3-17(24)21-14/h2-3,6-7,9,12,16H,4-5,8,10-11H2,1H3. The van der Waals surface area contributed by atoms with E-state index in [1.807, 2.05) is 24.1 Å². The number of nitrogens with zero attached hydrogens (tertiary/aromatic N) is 7. The third-order valence-corrected chi connectivity index (χ3v) is 5.28. The Balaban J connectivity index is 1.21. The van der Waals surface area contributed by atoms with Crippen molar-refractivity contribution in [2.45, 2.75) is 12.6 Å². The van der Waals surface area contributed by atoms with Gasteiger partial charge in [-0.25, -0.2) is 14.2 Å². The van der Waals surface area contributed by atoms with Crippen LogP contribution in [-0.2, 0) is 6.54 Å². The van der Waals surface area contributed by atoms with Gasteiger partial charge in [0, 0.05) is 58.4 Å². The maximum atomic E-state index is 13.3. The molecule has 9 heteroatoms. The molecule has 5 heterocycles. The average Bonchev–Trinajstić information content (AvgIpc) is 3.30. The molecule has 0 saturated carbocycles. The summed E-state index contributed by atoms with van der Waals surface area (Å²) in [5.41, 5.74) is 2.52. The first-order valence-electron chi connectivity index (χ1n) is 8.99. The fourth-order valence-electron chi connectivity index (χ4n) is 3.72. The molecule has 140 valence electrons. The van der Waals surface area contributed by atoms with Crippen LogP contribution in [0.15, 0.2) is 36.9 Å². The second kappa shape index (κ2) is 6.05. The minimum absolute atomic E-state index is 0.0214. The van der Waals surface area contributed by atoms with E-state index in [9.17, 15) is 9.18 Å². The fraction of sp³-hybridized carbons (Fsp3) is 0.389. The van der Waals surface area contributed by atoms with E-state index in [2.05, 4.69) is 15.0 Å². The van der Waals surface area contributed by atoms with Crippen LogP contribution >= 0.6 is 0 Å². The lowest BCUT2D eigenvalue weighted by Crippen LogP contribution is -2.47. The van der Waals surface area contributed by atoms with Crippen LogP contribution in [0.2, 0.25) is 0 Å². The van der Waals surface area contributed by atoms with Crippen molar-refractivity contribution in [3.63, 3.8) is 0 Å². The minimum Gasteiger partial charge on any atom is -0.326 e. The monoisotopic (exact) mass is 369 g/mol. The smallest absolute Gasteiger partial charge is 0.324 e. The van der Waals surface area contributed by atoms with E-state index in [1.165, 1.54) is 12.3 Å². The molecule has 0 aromatic carbocycles. The largest absolute Gasteiger partial charge is 0.326 e. The Kier molecular flexibility index (Phi) is 3.64. The molecule has 2 amide bonds. The predicted molar refractivity (Wildman–Crippen MR) is 97.1 cm³/mol. The van der Waals surface area contributed by atoms with Crippen molar-refractivity contribution in [1.82, 2.24) is 29.0 Å². The number of imidazole rings is 1. The average molecular weight is 369 g/mol. The summed E-state index contributed by atoms with van der Waals surface area (Å²) < 4.78 is 16.9. The van der Waals surface area contributed by atoms with Crippen molar-refractivity contribution in [1.29, 1.82) is 0 Å². The van der Waals surface area contributed by atoms with Gasteiger partial charge in [0.2, 0.25) is 0 Å². The second-order valence-electron chi connectivity index (χ2n) is 7.23. The summed E-state index contributed by atoms with van der Waals surface area (Å²) in [5, 5.41) is 4.44. The number of likely N-dealkylation sites (tertiary alicyclic amines) is 1. The lowest BCUT2D eigenvalue weighted by molar-refractivity contribution is 0.0897. The van der Waals surface area contributed by atoms with Crippen molar-refractivity contribution >= 4 is 17.4 Å². The normalized spacial score (nSPS) is 18.7. The number of amides is 2. The molecule has 0 aliphatic carbocycles. The molecular weight excluding hydrogens is 349 g/mol. The molecule has 0 radical (unpaired) electrons. The summed E-state index contributed by atoms with van der Waals surface area (Å²) in [6.45, 7) is 3.91. The number of urea groups is 1. The molecule has 8 nitrogen and oxygen atoms in total. The quantitative estimate of drug-likeness (QED) is 0.701. The van der Waals surface area contributed by atoms with Crippen molar-refractivity contribution < 1.29 is 9.18 Å². The zero-order chi connectivity index (χ0) is 18.5. The first-order chi connectivity index (χ1) is 13.1. The summed E-state index contributed by atoms with van der Waals surface area (Å²) in [4.78, 5) is 22.4. The zero-order valence-electron chi connectivity index (χ0n) is 15.0. The predicted octanol–water partition coefficient (Wildman–Crippen LogP) is 1.60. The van der Waals surface area contributed by atoms with Crippen molar-refractivity contribution in [2.24, 2.45) is 0 Å². The van der Waals surface area contributed by atoms with Crippen LogP contribution < -0.4 is 4.90 Å². The van der Waals surface area contributed by atoms with Gasteiger partial charge in [-0.3, -0.25) is 14.5 Å². The Morgan fingerprint density at radius 2 is 2.04 bits per heavy atom. The number of pyridine rings is 1. The Bertz CT molecular complexity index is 1010. The molecule has 0 atom stereocenters. The number of halogens is 1. The van der Waals surface area contributed by atoms with E-state index in [-0.39, 0.29) is 11.8 Å². The topological polar surface area (TPSA) is 61.9 Å². The number of likely N-dealkylation sites (N-methyl/N-ethyl adjacent to an activating group) is 1. The number of carbonyl (C=O) groups excluding carboxylic acids is 1. The highest BCUT2D eigenvalue weighted by molar-refractivity contribution is 5.93. The molecule has 0 unspecified atom stereocenters. The van der Waals surface area contributed by atoms with Gasteiger partial charge in [0.1, 0.15) is 11.5 Å². The first-order valence-corrected chi connectivity index (χ1v) is 8.99. The number of hydrogen-bond donors (Lipinski definition) is 0. The van der Waals surface area contributed by atoms with Gasteiger partial charge in [-0.15, -0.1) is 0 Å². The van der Waals surface area contributed by atoms with Gasteiger partial charge in [-0.05, 0) is 12.1 Å². The third-order valence-electron chi connectivity index (χ3n) is 5.28. The van der Waals surface area contributed by atoms with Crippen LogP contribution in [0.5, 0.6) is 0 Å². The molecule has 0 bridgehead atoms. The van der Waals surface area contributed by atoms with E-state index in [0.717, 1.165) is 43.2 Å². The maximum Gasteiger partial charge on any atom is 0.324 e. The van der Waals surface area contributed by atoms with E-state index in [1.54, 1.807) is 26.5 Å². The fourth-order valence-corrected chi connectivity index (χ4v) is 3.72. The number of aromatic nitrogens is 4. The van der Waals surface area contributed by atoms with E-state index in [0.29, 0.717) is 12.6 Å². The molecule has 0 N–H and O–H groups in total. The van der Waals surface area contributed by atoms with Crippen molar-refractivity contribution in [2.75, 3.05) is 38.1 Å². The molecule has 2 aliphatic heterocycles. The van der Waals surface area contributed by atoms with Crippen LogP contribution in [0, 0.1) is 5.82 Å². The molecule has 2 aliphatic rings. The van der Waals surface area contributed by atoms with Crippen molar-refractivity contribution in [3.8, 4) is 0 Å². The third kappa shape index (κ3) is 2.84. The van der Waals surface area contributed by atoms with Crippen LogP contribution in [0.4, 0.5) is 14.9 Å². The zero-order valence-corrected chi connectivity index (χ0v) is 15.0. The maximum absolute atomic E-state index is 13.3. The first kappa shape index (κ1) is 16.2. The highest BCUT2D eigenvalue weighted by Crippen LogP contribution is 2.26. The number of carbonyl (C=O) groups is 1. The van der Waals surface area contributed by atoms with Crippen LogP contribution in [0.3, 0.4) is 0 Å². The molecule has 0 spiro atoms. The van der Waals surface area contributed by atoms with E-state index < -0.39 is 0 Å². The number of fused-ring (bicyclic) bond motifs is 1. The van der Waals surface area contributed by atoms with Crippen LogP contribution in [0.1, 0.15) is 11.7 Å². The molecule has 2 saturated heterocycles. The van der Waals surface area contributed by atoms with Crippen molar-refractivity contribution in [3.05, 3.63) is 48.4 Å². The van der Waals surface area contributed by atoms with Gasteiger partial charge in [-0.1, -0.05) is 0 Å². The SMILES string of the molecule is CN1CCN(c2cnn(C3CN(Cc4cn5cc(F)ccc5n4)C3)c2)C1=O. The van der Waals surface area contributed by atoms with Gasteiger partial charge < -0.3 is 9.30 Å². The van der Waals surface area contributed by atoms with Gasteiger partial charge in [0.05, 0.1) is 23.6 Å². The Morgan fingerprint density at radius 3 is 2.81 bits per heavy atom. The van der Waals surface area contributed by atoms with Gasteiger partial charge >= 0.3 is 6.03 Å². The lowest BCUT2D eigenvalue weighted by atomic mass is 10.1. The highest BCUT2D eigenvalue weighted by Gasteiger charge is 2.31. The second-order valence-corrected chi connectivity index (χ2v) is 7.23.